The molecule has 1 amide bonds. The van der Waals surface area contributed by atoms with Gasteiger partial charge in [0.2, 0.25) is 15.9 Å². The lowest BCUT2D eigenvalue weighted by atomic mass is 10.1. The standard InChI is InChI=1S/C13H11F3N4O3S/c14-13(15,16)8-4-7(11(17)21)5-9(6-8)20-12-10(24(18,22)23)2-1-3-19-12/h1-6H,(H2,17,21)(H,19,20)(H2,18,22,23). The molecule has 0 saturated heterocycles. The minimum atomic E-state index is -4.73. The summed E-state index contributed by atoms with van der Waals surface area (Å²) >= 11 is 0. The van der Waals surface area contributed by atoms with Crippen LogP contribution in [0.2, 0.25) is 0 Å². The molecule has 24 heavy (non-hydrogen) atoms. The molecule has 0 fully saturated rings. The number of nitrogens with two attached hydrogens (primary N) is 2. The summed E-state index contributed by atoms with van der Waals surface area (Å²) in [7, 11) is -4.16. The van der Waals surface area contributed by atoms with Gasteiger partial charge in [-0.25, -0.2) is 18.5 Å². The molecular formula is C13H11F3N4O3S. The molecular weight excluding hydrogens is 349 g/mol. The van der Waals surface area contributed by atoms with Crippen LogP contribution in [0.25, 0.3) is 0 Å². The van der Waals surface area contributed by atoms with Crippen molar-refractivity contribution in [3.63, 3.8) is 0 Å². The molecule has 128 valence electrons. The molecule has 0 aliphatic heterocycles. The second-order valence-electron chi connectivity index (χ2n) is 4.68. The lowest BCUT2D eigenvalue weighted by Gasteiger charge is -2.13. The van der Waals surface area contributed by atoms with Crippen LogP contribution in [0.5, 0.6) is 0 Å². The fraction of sp³-hybridized carbons (Fsp3) is 0.0769. The van der Waals surface area contributed by atoms with E-state index in [1.54, 1.807) is 0 Å². The lowest BCUT2D eigenvalue weighted by Crippen LogP contribution is -2.16. The van der Waals surface area contributed by atoms with Gasteiger partial charge in [-0.1, -0.05) is 0 Å². The Kier molecular flexibility index (Phi) is 4.49. The summed E-state index contributed by atoms with van der Waals surface area (Å²) in [4.78, 5) is 14.5. The Labute approximate surface area is 134 Å². The average Bonchev–Trinajstić information content (AvgIpc) is 2.45. The number of rotatable bonds is 4. The number of carbonyl (C=O) groups excluding carboxylic acids is 1. The van der Waals surface area contributed by atoms with Crippen molar-refractivity contribution >= 4 is 27.4 Å². The Morgan fingerprint density at radius 3 is 2.42 bits per heavy atom. The van der Waals surface area contributed by atoms with Gasteiger partial charge in [0.05, 0.1) is 5.56 Å². The maximum Gasteiger partial charge on any atom is 0.416 e. The highest BCUT2D eigenvalue weighted by Crippen LogP contribution is 2.33. The summed E-state index contributed by atoms with van der Waals surface area (Å²) in [6.07, 6.45) is -3.51. The molecule has 1 aromatic heterocycles. The van der Waals surface area contributed by atoms with Crippen LogP contribution >= 0.6 is 0 Å². The Hall–Kier alpha value is -2.66. The zero-order chi connectivity index (χ0) is 18.1. The van der Waals surface area contributed by atoms with Gasteiger partial charge in [-0.15, -0.1) is 0 Å². The lowest BCUT2D eigenvalue weighted by molar-refractivity contribution is -0.137. The minimum Gasteiger partial charge on any atom is -0.366 e. The highest BCUT2D eigenvalue weighted by atomic mass is 32.2. The normalized spacial score (nSPS) is 12.0. The smallest absolute Gasteiger partial charge is 0.366 e. The van der Waals surface area contributed by atoms with Gasteiger partial charge >= 0.3 is 6.18 Å². The first-order valence-electron chi connectivity index (χ1n) is 6.25. The molecule has 0 unspecified atom stereocenters. The number of nitrogens with zero attached hydrogens (tertiary/aromatic N) is 1. The van der Waals surface area contributed by atoms with Crippen molar-refractivity contribution in [2.24, 2.45) is 10.9 Å². The highest BCUT2D eigenvalue weighted by Gasteiger charge is 2.32. The molecule has 0 aliphatic rings. The summed E-state index contributed by atoms with van der Waals surface area (Å²) in [5, 5.41) is 7.44. The van der Waals surface area contributed by atoms with Crippen LogP contribution in [-0.4, -0.2) is 19.3 Å². The van der Waals surface area contributed by atoms with Gasteiger partial charge in [0, 0.05) is 17.4 Å². The molecule has 11 heteroatoms. The summed E-state index contributed by atoms with van der Waals surface area (Å²) in [5.74, 6) is -1.36. The van der Waals surface area contributed by atoms with Crippen LogP contribution < -0.4 is 16.2 Å². The van der Waals surface area contributed by atoms with Crippen molar-refractivity contribution in [1.82, 2.24) is 4.98 Å². The molecule has 5 N–H and O–H groups in total. The third-order valence-corrected chi connectivity index (χ3v) is 3.83. The van der Waals surface area contributed by atoms with Gasteiger partial charge in [0.25, 0.3) is 0 Å². The van der Waals surface area contributed by atoms with Gasteiger partial charge in [-0.3, -0.25) is 4.79 Å². The number of primary sulfonamides is 1. The summed E-state index contributed by atoms with van der Waals surface area (Å²) < 4.78 is 61.7. The van der Waals surface area contributed by atoms with E-state index in [1.165, 1.54) is 12.3 Å². The summed E-state index contributed by atoms with van der Waals surface area (Å²) in [5.41, 5.74) is 3.27. The second-order valence-corrected chi connectivity index (χ2v) is 6.21. The van der Waals surface area contributed by atoms with E-state index in [0.717, 1.165) is 12.1 Å². The topological polar surface area (TPSA) is 128 Å². The van der Waals surface area contributed by atoms with Gasteiger partial charge in [0.1, 0.15) is 4.90 Å². The molecule has 7 nitrogen and oxygen atoms in total. The maximum absolute atomic E-state index is 12.9. The van der Waals surface area contributed by atoms with Crippen molar-refractivity contribution < 1.29 is 26.4 Å². The number of alkyl halides is 3. The molecule has 1 heterocycles. The van der Waals surface area contributed by atoms with Crippen LogP contribution in [0.4, 0.5) is 24.7 Å². The number of anilines is 2. The summed E-state index contributed by atoms with van der Waals surface area (Å²) in [6.45, 7) is 0. The van der Waals surface area contributed by atoms with Crippen LogP contribution in [0, 0.1) is 0 Å². The number of amides is 1. The number of carbonyl (C=O) groups is 1. The van der Waals surface area contributed by atoms with Crippen molar-refractivity contribution in [3.8, 4) is 0 Å². The van der Waals surface area contributed by atoms with E-state index < -0.39 is 38.1 Å². The number of benzene rings is 1. The van der Waals surface area contributed by atoms with E-state index in [1.807, 2.05) is 0 Å². The molecule has 0 radical (unpaired) electrons. The Balaban J connectivity index is 2.55. The largest absolute Gasteiger partial charge is 0.416 e. The Bertz CT molecular complexity index is 898. The number of pyridine rings is 1. The predicted octanol–water partition coefficient (Wildman–Crippen LogP) is 1.59. The first kappa shape index (κ1) is 17.7. The van der Waals surface area contributed by atoms with Gasteiger partial charge in [-0.05, 0) is 30.3 Å². The molecule has 1 aromatic carbocycles. The van der Waals surface area contributed by atoms with Crippen LogP contribution in [0.15, 0.2) is 41.4 Å². The number of halogens is 3. The zero-order valence-electron chi connectivity index (χ0n) is 11.8. The Morgan fingerprint density at radius 1 is 1.21 bits per heavy atom. The monoisotopic (exact) mass is 360 g/mol. The van der Waals surface area contributed by atoms with E-state index in [4.69, 9.17) is 10.9 Å². The predicted molar refractivity (Wildman–Crippen MR) is 78.9 cm³/mol. The zero-order valence-corrected chi connectivity index (χ0v) is 12.6. The molecule has 0 aliphatic carbocycles. The number of nitrogens with one attached hydrogen (secondary N) is 1. The first-order valence-corrected chi connectivity index (χ1v) is 7.80. The van der Waals surface area contributed by atoms with Crippen molar-refractivity contribution in [2.75, 3.05) is 5.32 Å². The highest BCUT2D eigenvalue weighted by molar-refractivity contribution is 7.89. The second kappa shape index (κ2) is 6.09. The molecule has 2 aromatic rings. The van der Waals surface area contributed by atoms with Crippen molar-refractivity contribution in [1.29, 1.82) is 0 Å². The number of hydrogen-bond donors (Lipinski definition) is 3. The SMILES string of the molecule is NC(=O)c1cc(Nc2ncccc2S(N)(=O)=O)cc(C(F)(F)F)c1. The van der Waals surface area contributed by atoms with Crippen LogP contribution in [0.1, 0.15) is 15.9 Å². The molecule has 0 atom stereocenters. The fourth-order valence-corrected chi connectivity index (χ4v) is 2.50. The van der Waals surface area contributed by atoms with Gasteiger partial charge in [-0.2, -0.15) is 13.2 Å². The van der Waals surface area contributed by atoms with Crippen LogP contribution in [-0.2, 0) is 16.2 Å². The Morgan fingerprint density at radius 2 is 1.88 bits per heavy atom. The number of sulfonamides is 1. The average molecular weight is 360 g/mol. The van der Waals surface area contributed by atoms with Gasteiger partial charge < -0.3 is 11.1 Å². The van der Waals surface area contributed by atoms with Crippen molar-refractivity contribution in [3.05, 3.63) is 47.7 Å². The molecule has 0 spiro atoms. The molecule has 2 rings (SSSR count). The molecule has 0 saturated carbocycles. The maximum atomic E-state index is 12.9. The number of primary amides is 1. The fourth-order valence-electron chi connectivity index (χ4n) is 1.86. The van der Waals surface area contributed by atoms with E-state index >= 15 is 0 Å². The van der Waals surface area contributed by atoms with E-state index in [-0.39, 0.29) is 11.5 Å². The first-order chi connectivity index (χ1) is 11.0. The minimum absolute atomic E-state index is 0.220. The van der Waals surface area contributed by atoms with Gasteiger partial charge in [0.15, 0.2) is 5.82 Å². The van der Waals surface area contributed by atoms with E-state index in [2.05, 4.69) is 10.3 Å². The third-order valence-electron chi connectivity index (χ3n) is 2.88. The van der Waals surface area contributed by atoms with Crippen LogP contribution in [0.3, 0.4) is 0 Å². The number of aromatic nitrogens is 1. The third kappa shape index (κ3) is 4.00. The van der Waals surface area contributed by atoms with E-state index in [9.17, 15) is 26.4 Å². The quantitative estimate of drug-likeness (QED) is 0.763. The number of hydrogen-bond acceptors (Lipinski definition) is 5. The summed E-state index contributed by atoms with van der Waals surface area (Å²) in [6, 6.07) is 4.75. The van der Waals surface area contributed by atoms with Crippen molar-refractivity contribution in [2.45, 2.75) is 11.1 Å². The molecule has 0 bridgehead atoms. The van der Waals surface area contributed by atoms with E-state index in [0.29, 0.717) is 12.1 Å².